The van der Waals surface area contributed by atoms with Crippen LogP contribution < -0.4 is 0 Å². The maximum Gasteiger partial charge on any atom is 0.187 e. The first-order valence-corrected chi connectivity index (χ1v) is 4.21. The van der Waals surface area contributed by atoms with Crippen molar-refractivity contribution in [1.82, 2.24) is 4.98 Å². The highest BCUT2D eigenvalue weighted by Crippen LogP contribution is 2.07. The minimum absolute atomic E-state index is 0.701. The maximum atomic E-state index is 6.57. The van der Waals surface area contributed by atoms with E-state index in [4.69, 9.17) is 6.57 Å². The smallest absolute Gasteiger partial charge is 0.187 e. The predicted octanol–water partition coefficient (Wildman–Crippen LogP) is 3.32. The molecule has 0 radical (unpaired) electrons. The number of nitrogens with zero attached hydrogens (tertiary/aromatic N) is 2. The van der Waals surface area contributed by atoms with Crippen molar-refractivity contribution in [2.24, 2.45) is 0 Å². The zero-order chi connectivity index (χ0) is 10.1. The van der Waals surface area contributed by atoms with Crippen molar-refractivity contribution in [1.29, 1.82) is 0 Å². The van der Waals surface area contributed by atoms with Crippen molar-refractivity contribution in [2.45, 2.75) is 0 Å². The fraction of sp³-hybridized carbons (Fsp3) is 0. The van der Waals surface area contributed by atoms with E-state index in [-0.39, 0.29) is 0 Å². The highest BCUT2D eigenvalue weighted by atomic mass is 14.6. The van der Waals surface area contributed by atoms with Crippen molar-refractivity contribution in [3.05, 3.63) is 72.3 Å². The molecule has 1 heterocycles. The Morgan fingerprint density at radius 3 is 1.71 bits per heavy atom. The summed E-state index contributed by atoms with van der Waals surface area (Å²) in [4.78, 5) is 7.01. The van der Waals surface area contributed by atoms with Gasteiger partial charge in [-0.1, -0.05) is 36.4 Å². The van der Waals surface area contributed by atoms with Gasteiger partial charge in [0.25, 0.3) is 0 Å². The van der Waals surface area contributed by atoms with E-state index in [0.717, 1.165) is 0 Å². The number of pyridine rings is 1. The Morgan fingerprint density at radius 1 is 0.857 bits per heavy atom. The average molecular weight is 182 g/mol. The van der Waals surface area contributed by atoms with E-state index >= 15 is 0 Å². The lowest BCUT2D eigenvalue weighted by Crippen LogP contribution is -1.58. The van der Waals surface area contributed by atoms with Crippen LogP contribution in [0.15, 0.2) is 60.9 Å². The topological polar surface area (TPSA) is 17.2 Å². The van der Waals surface area contributed by atoms with Crippen LogP contribution >= 0.6 is 0 Å². The molecule has 0 amide bonds. The fourth-order valence-corrected chi connectivity index (χ4v) is 0.815. The second-order valence-corrected chi connectivity index (χ2v) is 2.47. The van der Waals surface area contributed by atoms with Crippen LogP contribution in [0.5, 0.6) is 0 Å². The summed E-state index contributed by atoms with van der Waals surface area (Å²) in [5.74, 6) is 0. The SMILES string of the molecule is [C-]#[N+]c1ccccc1.c1ccncc1. The molecule has 0 spiro atoms. The monoisotopic (exact) mass is 182 g/mol. The third kappa shape index (κ3) is 4.03. The van der Waals surface area contributed by atoms with E-state index in [1.807, 2.05) is 36.4 Å². The van der Waals surface area contributed by atoms with E-state index in [2.05, 4.69) is 9.83 Å². The number of hydrogen-bond donors (Lipinski definition) is 0. The Morgan fingerprint density at radius 2 is 1.43 bits per heavy atom. The molecule has 0 aliphatic heterocycles. The van der Waals surface area contributed by atoms with Crippen molar-refractivity contribution >= 4 is 5.69 Å². The third-order valence-corrected chi connectivity index (χ3v) is 1.45. The summed E-state index contributed by atoms with van der Waals surface area (Å²) in [6, 6.07) is 14.9. The largest absolute Gasteiger partial charge is 0.265 e. The predicted molar refractivity (Wildman–Crippen MR) is 56.9 cm³/mol. The zero-order valence-corrected chi connectivity index (χ0v) is 7.67. The van der Waals surface area contributed by atoms with Crippen LogP contribution in [0.2, 0.25) is 0 Å². The van der Waals surface area contributed by atoms with Gasteiger partial charge in [-0.05, 0) is 12.1 Å². The molecule has 0 saturated carbocycles. The molecule has 1 aromatic carbocycles. The number of benzene rings is 1. The summed E-state index contributed by atoms with van der Waals surface area (Å²) in [5.41, 5.74) is 0.701. The van der Waals surface area contributed by atoms with Gasteiger partial charge in [0.1, 0.15) is 0 Å². The molecule has 2 nitrogen and oxygen atoms in total. The normalized spacial score (nSPS) is 7.93. The molecule has 14 heavy (non-hydrogen) atoms. The highest BCUT2D eigenvalue weighted by Gasteiger charge is 1.79. The van der Waals surface area contributed by atoms with Crippen molar-refractivity contribution in [3.63, 3.8) is 0 Å². The van der Waals surface area contributed by atoms with Crippen molar-refractivity contribution in [3.8, 4) is 0 Å². The molecule has 2 heteroatoms. The molecule has 0 N–H and O–H groups in total. The van der Waals surface area contributed by atoms with Crippen LogP contribution in [0.1, 0.15) is 0 Å². The Labute approximate surface area is 83.7 Å². The molecule has 0 unspecified atom stereocenters. The van der Waals surface area contributed by atoms with Gasteiger partial charge in [0.05, 0.1) is 6.57 Å². The Hall–Kier alpha value is -2.14. The molecule has 68 valence electrons. The van der Waals surface area contributed by atoms with Crippen LogP contribution in [-0.4, -0.2) is 4.98 Å². The molecule has 0 aliphatic rings. The summed E-state index contributed by atoms with van der Waals surface area (Å²) >= 11 is 0. The standard InChI is InChI=1S/C7H5N.C5H5N/c1-8-7-5-3-2-4-6-7;1-2-4-6-5-3-1/h2-6H;1-5H. The maximum absolute atomic E-state index is 6.57. The van der Waals surface area contributed by atoms with Gasteiger partial charge in [-0.2, -0.15) is 0 Å². The average Bonchev–Trinajstić information content (AvgIpc) is 2.33. The molecule has 0 saturated heterocycles. The van der Waals surface area contributed by atoms with Crippen molar-refractivity contribution < 1.29 is 0 Å². The molecular formula is C12H10N2. The molecule has 1 aromatic heterocycles. The quantitative estimate of drug-likeness (QED) is 0.571. The molecular weight excluding hydrogens is 172 g/mol. The summed E-state index contributed by atoms with van der Waals surface area (Å²) in [7, 11) is 0. The minimum atomic E-state index is 0.701. The second kappa shape index (κ2) is 6.38. The summed E-state index contributed by atoms with van der Waals surface area (Å²) in [6.07, 6.45) is 3.50. The Bertz CT molecular complexity index is 349. The number of hydrogen-bond acceptors (Lipinski definition) is 1. The van der Waals surface area contributed by atoms with Gasteiger partial charge in [-0.15, -0.1) is 0 Å². The minimum Gasteiger partial charge on any atom is -0.265 e. The number of aromatic nitrogens is 1. The van der Waals surface area contributed by atoms with Crippen LogP contribution in [0, 0.1) is 6.57 Å². The van der Waals surface area contributed by atoms with E-state index in [1.54, 1.807) is 24.5 Å². The first-order chi connectivity index (χ1) is 6.93. The second-order valence-electron chi connectivity index (χ2n) is 2.47. The molecule has 0 atom stereocenters. The Balaban J connectivity index is 0.000000146. The van der Waals surface area contributed by atoms with Crippen LogP contribution in [0.4, 0.5) is 5.69 Å². The van der Waals surface area contributed by atoms with Gasteiger partial charge in [0.2, 0.25) is 0 Å². The van der Waals surface area contributed by atoms with Gasteiger partial charge in [-0.25, -0.2) is 4.85 Å². The summed E-state index contributed by atoms with van der Waals surface area (Å²) in [5, 5.41) is 0. The lowest BCUT2D eigenvalue weighted by molar-refractivity contribution is 1.33. The number of rotatable bonds is 0. The van der Waals surface area contributed by atoms with E-state index in [1.165, 1.54) is 0 Å². The van der Waals surface area contributed by atoms with Gasteiger partial charge in [0.15, 0.2) is 5.69 Å². The van der Waals surface area contributed by atoms with Crippen LogP contribution in [-0.2, 0) is 0 Å². The lowest BCUT2D eigenvalue weighted by atomic mass is 10.3. The molecule has 2 aromatic rings. The summed E-state index contributed by atoms with van der Waals surface area (Å²) < 4.78 is 0. The zero-order valence-electron chi connectivity index (χ0n) is 7.67. The van der Waals surface area contributed by atoms with Crippen LogP contribution in [0.3, 0.4) is 0 Å². The van der Waals surface area contributed by atoms with E-state index < -0.39 is 0 Å². The van der Waals surface area contributed by atoms with Gasteiger partial charge >= 0.3 is 0 Å². The fourth-order valence-electron chi connectivity index (χ4n) is 0.815. The lowest BCUT2D eigenvalue weighted by Gasteiger charge is -1.80. The van der Waals surface area contributed by atoms with Crippen LogP contribution in [0.25, 0.3) is 4.85 Å². The molecule has 2 rings (SSSR count). The highest BCUT2D eigenvalue weighted by molar-refractivity contribution is 5.42. The van der Waals surface area contributed by atoms with Gasteiger partial charge in [-0.3, -0.25) is 4.98 Å². The van der Waals surface area contributed by atoms with Crippen molar-refractivity contribution in [2.75, 3.05) is 0 Å². The molecule has 0 fully saturated rings. The third-order valence-electron chi connectivity index (χ3n) is 1.45. The van der Waals surface area contributed by atoms with E-state index in [9.17, 15) is 0 Å². The van der Waals surface area contributed by atoms with Gasteiger partial charge < -0.3 is 0 Å². The summed E-state index contributed by atoms with van der Waals surface area (Å²) in [6.45, 7) is 6.57. The van der Waals surface area contributed by atoms with Gasteiger partial charge in [0, 0.05) is 12.4 Å². The molecule has 0 bridgehead atoms. The molecule has 0 aliphatic carbocycles. The first kappa shape index (κ1) is 9.94. The Kier molecular flexibility index (Phi) is 4.53. The first-order valence-electron chi connectivity index (χ1n) is 4.21. The number of para-hydroxylation sites is 1. The van der Waals surface area contributed by atoms with E-state index in [0.29, 0.717) is 5.69 Å².